The Hall–Kier alpha value is -2.44. The average Bonchev–Trinajstić information content (AvgIpc) is 3.14. The smallest absolute Gasteiger partial charge is 0.262 e. The van der Waals surface area contributed by atoms with Gasteiger partial charge in [0.05, 0.1) is 18.3 Å². The van der Waals surface area contributed by atoms with Gasteiger partial charge in [-0.2, -0.15) is 0 Å². The number of fused-ring (bicyclic) bond motifs is 1. The first-order chi connectivity index (χ1) is 14.6. The summed E-state index contributed by atoms with van der Waals surface area (Å²) in [5, 5.41) is 0.723. The molecule has 4 aromatic rings. The molecule has 6 heteroatoms. The van der Waals surface area contributed by atoms with Crippen molar-refractivity contribution in [2.24, 2.45) is 0 Å². The van der Waals surface area contributed by atoms with Gasteiger partial charge in [0, 0.05) is 21.5 Å². The Kier molecular flexibility index (Phi) is 6.35. The SMILES string of the molecule is CCc1sc2ncn(CCCOc3ccc(C)cc3)c(=O)c2c1-c1ccc(Br)cc1. The molecule has 154 valence electrons. The normalized spacial score (nSPS) is 11.2. The molecule has 0 atom stereocenters. The summed E-state index contributed by atoms with van der Waals surface area (Å²) < 4.78 is 8.52. The average molecular weight is 483 g/mol. The molecule has 0 saturated carbocycles. The van der Waals surface area contributed by atoms with Crippen molar-refractivity contribution in [2.75, 3.05) is 6.61 Å². The second-order valence-corrected chi connectivity index (χ2v) is 9.20. The Balaban J connectivity index is 1.58. The van der Waals surface area contributed by atoms with E-state index in [2.05, 4.69) is 46.9 Å². The molecule has 0 spiro atoms. The topological polar surface area (TPSA) is 44.1 Å². The van der Waals surface area contributed by atoms with Crippen molar-refractivity contribution in [3.63, 3.8) is 0 Å². The van der Waals surface area contributed by atoms with E-state index in [0.29, 0.717) is 13.2 Å². The summed E-state index contributed by atoms with van der Waals surface area (Å²) in [5.41, 5.74) is 3.30. The van der Waals surface area contributed by atoms with E-state index in [-0.39, 0.29) is 5.56 Å². The fourth-order valence-corrected chi connectivity index (χ4v) is 4.82. The molecule has 2 aromatic heterocycles. The fourth-order valence-electron chi connectivity index (χ4n) is 3.46. The van der Waals surface area contributed by atoms with Gasteiger partial charge in [0.25, 0.3) is 5.56 Å². The van der Waals surface area contributed by atoms with Crippen molar-refractivity contribution in [3.05, 3.63) is 80.1 Å². The molecule has 0 N–H and O–H groups in total. The van der Waals surface area contributed by atoms with Gasteiger partial charge in [-0.3, -0.25) is 9.36 Å². The maximum absolute atomic E-state index is 13.3. The number of halogens is 1. The summed E-state index contributed by atoms with van der Waals surface area (Å²) in [7, 11) is 0. The molecule has 0 amide bonds. The molecule has 4 nitrogen and oxygen atoms in total. The lowest BCUT2D eigenvalue weighted by Crippen LogP contribution is -2.21. The van der Waals surface area contributed by atoms with Crippen LogP contribution in [0.4, 0.5) is 0 Å². The molecule has 2 heterocycles. The monoisotopic (exact) mass is 482 g/mol. The number of aryl methyl sites for hydroxylation is 3. The van der Waals surface area contributed by atoms with Crippen LogP contribution in [0.3, 0.4) is 0 Å². The van der Waals surface area contributed by atoms with E-state index >= 15 is 0 Å². The number of hydrogen-bond donors (Lipinski definition) is 0. The molecule has 30 heavy (non-hydrogen) atoms. The van der Waals surface area contributed by atoms with E-state index in [0.717, 1.165) is 44.4 Å². The standard InChI is InChI=1S/C24H23BrN2O2S/c1-3-20-21(17-7-9-18(25)10-8-17)22-23(30-20)26-15-27(24(22)28)13-4-14-29-19-11-5-16(2)6-12-19/h5-12,15H,3-4,13-14H2,1-2H3. The van der Waals surface area contributed by atoms with E-state index < -0.39 is 0 Å². The molecular weight excluding hydrogens is 460 g/mol. The minimum atomic E-state index is 0.0178. The number of aromatic nitrogens is 2. The van der Waals surface area contributed by atoms with Crippen LogP contribution in [-0.2, 0) is 13.0 Å². The molecule has 0 fully saturated rings. The van der Waals surface area contributed by atoms with Crippen molar-refractivity contribution in [1.29, 1.82) is 0 Å². The minimum absolute atomic E-state index is 0.0178. The van der Waals surface area contributed by atoms with Gasteiger partial charge in [-0.1, -0.05) is 52.7 Å². The zero-order valence-corrected chi connectivity index (χ0v) is 19.4. The summed E-state index contributed by atoms with van der Waals surface area (Å²) in [6.45, 7) is 5.30. The molecule has 0 aliphatic rings. The molecule has 0 radical (unpaired) electrons. The van der Waals surface area contributed by atoms with Crippen LogP contribution < -0.4 is 10.3 Å². The predicted molar refractivity (Wildman–Crippen MR) is 128 cm³/mol. The number of nitrogens with zero attached hydrogens (tertiary/aromatic N) is 2. The Labute approximate surface area is 188 Å². The van der Waals surface area contributed by atoms with Gasteiger partial charge in [0.2, 0.25) is 0 Å². The lowest BCUT2D eigenvalue weighted by molar-refractivity contribution is 0.301. The molecule has 0 unspecified atom stereocenters. The number of rotatable bonds is 7. The van der Waals surface area contributed by atoms with Gasteiger partial charge in [0.1, 0.15) is 10.6 Å². The van der Waals surface area contributed by atoms with Crippen LogP contribution in [0.2, 0.25) is 0 Å². The third-order valence-electron chi connectivity index (χ3n) is 5.04. The van der Waals surface area contributed by atoms with Gasteiger partial charge in [-0.05, 0) is 49.6 Å². The number of benzene rings is 2. The van der Waals surface area contributed by atoms with Crippen molar-refractivity contribution in [3.8, 4) is 16.9 Å². The van der Waals surface area contributed by atoms with Crippen molar-refractivity contribution in [1.82, 2.24) is 9.55 Å². The van der Waals surface area contributed by atoms with E-state index in [9.17, 15) is 4.79 Å². The van der Waals surface area contributed by atoms with Crippen molar-refractivity contribution < 1.29 is 4.74 Å². The summed E-state index contributed by atoms with van der Waals surface area (Å²) in [4.78, 5) is 19.9. The third-order valence-corrected chi connectivity index (χ3v) is 6.81. The van der Waals surface area contributed by atoms with E-state index in [1.54, 1.807) is 22.2 Å². The maximum Gasteiger partial charge on any atom is 0.262 e. The zero-order valence-electron chi connectivity index (χ0n) is 17.0. The van der Waals surface area contributed by atoms with Gasteiger partial charge in [0.15, 0.2) is 0 Å². The number of thiophene rings is 1. The van der Waals surface area contributed by atoms with Gasteiger partial charge < -0.3 is 4.74 Å². The third kappa shape index (κ3) is 4.35. The Morgan fingerprint density at radius 2 is 1.83 bits per heavy atom. The first kappa shape index (κ1) is 20.8. The Bertz CT molecular complexity index is 1210. The minimum Gasteiger partial charge on any atom is -0.494 e. The first-order valence-corrected chi connectivity index (χ1v) is 11.6. The molecular formula is C24H23BrN2O2S. The quantitative estimate of drug-likeness (QED) is 0.293. The van der Waals surface area contributed by atoms with Crippen LogP contribution in [-0.4, -0.2) is 16.2 Å². The number of ether oxygens (including phenoxy) is 1. The maximum atomic E-state index is 13.3. The molecule has 0 aliphatic heterocycles. The van der Waals surface area contributed by atoms with Gasteiger partial charge in [-0.15, -0.1) is 11.3 Å². The van der Waals surface area contributed by atoms with E-state index in [1.165, 1.54) is 10.4 Å². The summed E-state index contributed by atoms with van der Waals surface area (Å²) in [6, 6.07) is 16.1. The Morgan fingerprint density at radius 1 is 1.10 bits per heavy atom. The molecule has 2 aromatic carbocycles. The van der Waals surface area contributed by atoms with E-state index in [4.69, 9.17) is 4.74 Å². The highest BCUT2D eigenvalue weighted by atomic mass is 79.9. The van der Waals surface area contributed by atoms with Crippen LogP contribution in [0.15, 0.2) is 64.1 Å². The molecule has 4 rings (SSSR count). The highest BCUT2D eigenvalue weighted by Gasteiger charge is 2.18. The fraction of sp³-hybridized carbons (Fsp3) is 0.250. The zero-order chi connectivity index (χ0) is 21.1. The second kappa shape index (κ2) is 9.14. The van der Waals surface area contributed by atoms with E-state index in [1.807, 2.05) is 36.4 Å². The Morgan fingerprint density at radius 3 is 2.53 bits per heavy atom. The van der Waals surface area contributed by atoms with Gasteiger partial charge >= 0.3 is 0 Å². The van der Waals surface area contributed by atoms with Crippen LogP contribution in [0, 0.1) is 6.92 Å². The molecule has 0 bridgehead atoms. The lowest BCUT2D eigenvalue weighted by Gasteiger charge is -2.09. The largest absolute Gasteiger partial charge is 0.494 e. The lowest BCUT2D eigenvalue weighted by atomic mass is 10.0. The summed E-state index contributed by atoms with van der Waals surface area (Å²) >= 11 is 5.10. The van der Waals surface area contributed by atoms with Gasteiger partial charge in [-0.25, -0.2) is 4.98 Å². The van der Waals surface area contributed by atoms with Crippen LogP contribution in [0.1, 0.15) is 23.8 Å². The van der Waals surface area contributed by atoms with Crippen LogP contribution in [0.25, 0.3) is 21.3 Å². The second-order valence-electron chi connectivity index (χ2n) is 7.20. The first-order valence-electron chi connectivity index (χ1n) is 10.0. The summed E-state index contributed by atoms with van der Waals surface area (Å²) in [5.74, 6) is 0.851. The predicted octanol–water partition coefficient (Wildman–Crippen LogP) is 6.23. The molecule has 0 aliphatic carbocycles. The highest BCUT2D eigenvalue weighted by Crippen LogP contribution is 2.36. The van der Waals surface area contributed by atoms with Crippen molar-refractivity contribution >= 4 is 37.5 Å². The highest BCUT2D eigenvalue weighted by molar-refractivity contribution is 9.10. The van der Waals surface area contributed by atoms with Crippen molar-refractivity contribution in [2.45, 2.75) is 33.2 Å². The van der Waals surface area contributed by atoms with Crippen LogP contribution >= 0.6 is 27.3 Å². The number of hydrogen-bond acceptors (Lipinski definition) is 4. The molecule has 0 saturated heterocycles. The van der Waals surface area contributed by atoms with Crippen LogP contribution in [0.5, 0.6) is 5.75 Å². The summed E-state index contributed by atoms with van der Waals surface area (Å²) in [6.07, 6.45) is 3.27.